The van der Waals surface area contributed by atoms with Crippen LogP contribution in [0.4, 0.5) is 11.4 Å². The highest BCUT2D eigenvalue weighted by molar-refractivity contribution is 7.92. The zero-order chi connectivity index (χ0) is 18.4. The molecular formula is C17H19N3O3S2. The maximum atomic E-state index is 12.3. The van der Waals surface area contributed by atoms with Gasteiger partial charge in [-0.1, -0.05) is 32.0 Å². The predicted molar refractivity (Wildman–Crippen MR) is 103 cm³/mol. The molecule has 8 heteroatoms. The summed E-state index contributed by atoms with van der Waals surface area (Å²) in [5.74, 6) is -0.375. The average Bonchev–Trinajstić information content (AvgIpc) is 2.55. The Morgan fingerprint density at radius 3 is 2.12 bits per heavy atom. The Bertz CT molecular complexity index is 848. The van der Waals surface area contributed by atoms with E-state index in [2.05, 4.69) is 15.4 Å². The highest BCUT2D eigenvalue weighted by atomic mass is 32.2. The van der Waals surface area contributed by atoms with Crippen molar-refractivity contribution in [2.24, 2.45) is 5.92 Å². The first kappa shape index (κ1) is 18.9. The number of thiocarbonyl (C=S) groups is 1. The summed E-state index contributed by atoms with van der Waals surface area (Å²) in [7, 11) is -3.67. The zero-order valence-corrected chi connectivity index (χ0v) is 15.4. The van der Waals surface area contributed by atoms with Crippen LogP contribution >= 0.6 is 12.2 Å². The number of hydrogen-bond acceptors (Lipinski definition) is 4. The van der Waals surface area contributed by atoms with E-state index in [0.29, 0.717) is 11.4 Å². The zero-order valence-electron chi connectivity index (χ0n) is 13.8. The Morgan fingerprint density at radius 2 is 1.56 bits per heavy atom. The van der Waals surface area contributed by atoms with Gasteiger partial charge in [0.05, 0.1) is 4.90 Å². The highest BCUT2D eigenvalue weighted by Crippen LogP contribution is 2.18. The number of amides is 1. The number of nitrogens with one attached hydrogen (secondary N) is 3. The van der Waals surface area contributed by atoms with E-state index in [1.807, 2.05) is 0 Å². The van der Waals surface area contributed by atoms with Gasteiger partial charge in [0.2, 0.25) is 5.91 Å². The van der Waals surface area contributed by atoms with Crippen LogP contribution in [0.15, 0.2) is 59.5 Å². The average molecular weight is 377 g/mol. The molecule has 2 rings (SSSR count). The van der Waals surface area contributed by atoms with Gasteiger partial charge < -0.3 is 10.6 Å². The van der Waals surface area contributed by atoms with E-state index in [-0.39, 0.29) is 21.8 Å². The molecule has 0 atom stereocenters. The molecule has 2 aromatic rings. The number of benzene rings is 2. The molecule has 25 heavy (non-hydrogen) atoms. The fourth-order valence-electron chi connectivity index (χ4n) is 1.86. The molecule has 132 valence electrons. The van der Waals surface area contributed by atoms with Crippen LogP contribution in [0.2, 0.25) is 0 Å². The van der Waals surface area contributed by atoms with Gasteiger partial charge in [0.15, 0.2) is 5.11 Å². The minimum Gasteiger partial charge on any atom is -0.332 e. The van der Waals surface area contributed by atoms with Crippen LogP contribution in [0.3, 0.4) is 0 Å². The summed E-state index contributed by atoms with van der Waals surface area (Å²) >= 11 is 5.05. The molecule has 0 spiro atoms. The number of carbonyl (C=O) groups is 1. The van der Waals surface area contributed by atoms with E-state index in [4.69, 9.17) is 12.2 Å². The van der Waals surface area contributed by atoms with Crippen molar-refractivity contribution in [3.05, 3.63) is 54.6 Å². The maximum Gasteiger partial charge on any atom is 0.261 e. The predicted octanol–water partition coefficient (Wildman–Crippen LogP) is 2.96. The second-order valence-electron chi connectivity index (χ2n) is 5.59. The second-order valence-corrected chi connectivity index (χ2v) is 7.68. The van der Waals surface area contributed by atoms with Gasteiger partial charge in [-0.25, -0.2) is 8.42 Å². The third-order valence-electron chi connectivity index (χ3n) is 3.21. The molecule has 0 bridgehead atoms. The fraction of sp³-hybridized carbons (Fsp3) is 0.176. The second kappa shape index (κ2) is 8.09. The lowest BCUT2D eigenvalue weighted by atomic mass is 10.2. The fourth-order valence-corrected chi connectivity index (χ4v) is 3.13. The number of sulfonamides is 1. The Hall–Kier alpha value is -2.45. The lowest BCUT2D eigenvalue weighted by molar-refractivity contribution is -0.122. The highest BCUT2D eigenvalue weighted by Gasteiger charge is 2.14. The third-order valence-corrected chi connectivity index (χ3v) is 4.81. The lowest BCUT2D eigenvalue weighted by Crippen LogP contribution is -2.36. The van der Waals surface area contributed by atoms with Gasteiger partial charge in [-0.3, -0.25) is 9.52 Å². The van der Waals surface area contributed by atoms with Crippen molar-refractivity contribution in [1.29, 1.82) is 0 Å². The van der Waals surface area contributed by atoms with E-state index in [0.717, 1.165) is 0 Å². The summed E-state index contributed by atoms with van der Waals surface area (Å²) in [6.07, 6.45) is 0. The minimum atomic E-state index is -3.67. The molecule has 0 aromatic heterocycles. The molecule has 6 nitrogen and oxygen atoms in total. The first-order valence-corrected chi connectivity index (χ1v) is 9.47. The number of carbonyl (C=O) groups excluding carboxylic acids is 1. The van der Waals surface area contributed by atoms with Crippen LogP contribution in [0.1, 0.15) is 13.8 Å². The van der Waals surface area contributed by atoms with E-state index in [9.17, 15) is 13.2 Å². The van der Waals surface area contributed by atoms with E-state index in [1.54, 1.807) is 56.3 Å². The molecule has 0 radical (unpaired) electrons. The molecule has 0 aliphatic carbocycles. The van der Waals surface area contributed by atoms with E-state index < -0.39 is 10.0 Å². The number of hydrogen-bond donors (Lipinski definition) is 3. The molecule has 3 N–H and O–H groups in total. The van der Waals surface area contributed by atoms with Crippen molar-refractivity contribution in [3.8, 4) is 0 Å². The largest absolute Gasteiger partial charge is 0.332 e. The van der Waals surface area contributed by atoms with Crippen LogP contribution in [-0.4, -0.2) is 19.4 Å². The smallest absolute Gasteiger partial charge is 0.261 e. The molecule has 0 saturated carbocycles. The molecule has 0 aliphatic heterocycles. The van der Waals surface area contributed by atoms with Crippen molar-refractivity contribution in [1.82, 2.24) is 5.32 Å². The molecule has 0 fully saturated rings. The van der Waals surface area contributed by atoms with Gasteiger partial charge in [0, 0.05) is 17.3 Å². The minimum absolute atomic E-state index is 0.124. The van der Waals surface area contributed by atoms with Gasteiger partial charge in [0.25, 0.3) is 10.0 Å². The SMILES string of the molecule is CC(C)C(=O)NC(=S)Nc1ccc(S(=O)(=O)Nc2ccccc2)cc1. The van der Waals surface area contributed by atoms with Crippen LogP contribution < -0.4 is 15.4 Å². The molecule has 0 aliphatic rings. The Balaban J connectivity index is 2.04. The van der Waals surface area contributed by atoms with Crippen molar-refractivity contribution in [2.75, 3.05) is 10.0 Å². The van der Waals surface area contributed by atoms with Gasteiger partial charge in [-0.2, -0.15) is 0 Å². The van der Waals surface area contributed by atoms with Crippen molar-refractivity contribution >= 4 is 44.6 Å². The van der Waals surface area contributed by atoms with Gasteiger partial charge >= 0.3 is 0 Å². The number of rotatable bonds is 5. The Labute approximate surface area is 152 Å². The van der Waals surface area contributed by atoms with Crippen molar-refractivity contribution in [3.63, 3.8) is 0 Å². The van der Waals surface area contributed by atoms with Crippen molar-refractivity contribution < 1.29 is 13.2 Å². The number of anilines is 2. The summed E-state index contributed by atoms with van der Waals surface area (Å²) in [6.45, 7) is 3.52. The van der Waals surface area contributed by atoms with Gasteiger partial charge in [-0.05, 0) is 48.6 Å². The summed E-state index contributed by atoms with van der Waals surface area (Å²) in [5.41, 5.74) is 1.06. The van der Waals surface area contributed by atoms with Crippen LogP contribution in [0.5, 0.6) is 0 Å². The molecule has 0 saturated heterocycles. The van der Waals surface area contributed by atoms with Crippen LogP contribution in [0.25, 0.3) is 0 Å². The monoisotopic (exact) mass is 377 g/mol. The quantitative estimate of drug-likeness (QED) is 0.698. The maximum absolute atomic E-state index is 12.3. The molecule has 0 unspecified atom stereocenters. The molecule has 0 heterocycles. The normalized spacial score (nSPS) is 11.0. The number of para-hydroxylation sites is 1. The van der Waals surface area contributed by atoms with Crippen molar-refractivity contribution in [2.45, 2.75) is 18.7 Å². The van der Waals surface area contributed by atoms with Crippen LogP contribution in [-0.2, 0) is 14.8 Å². The molecule has 1 amide bonds. The van der Waals surface area contributed by atoms with Gasteiger partial charge in [0.1, 0.15) is 0 Å². The van der Waals surface area contributed by atoms with E-state index >= 15 is 0 Å². The summed E-state index contributed by atoms with van der Waals surface area (Å²) < 4.78 is 27.2. The van der Waals surface area contributed by atoms with Gasteiger partial charge in [-0.15, -0.1) is 0 Å². The topological polar surface area (TPSA) is 87.3 Å². The lowest BCUT2D eigenvalue weighted by Gasteiger charge is -2.12. The Kier molecular flexibility index (Phi) is 6.11. The van der Waals surface area contributed by atoms with Crippen LogP contribution in [0, 0.1) is 5.92 Å². The summed E-state index contributed by atoms with van der Waals surface area (Å²) in [4.78, 5) is 11.7. The first-order valence-electron chi connectivity index (χ1n) is 7.58. The molecule has 2 aromatic carbocycles. The third kappa shape index (κ3) is 5.54. The standard InChI is InChI=1S/C17H19N3O3S2/c1-12(2)16(21)19-17(24)18-13-8-10-15(11-9-13)25(22,23)20-14-6-4-3-5-7-14/h3-12,20H,1-2H3,(H2,18,19,21,24). The summed E-state index contributed by atoms with van der Waals surface area (Å²) in [5, 5.41) is 5.56. The molecular weight excluding hydrogens is 358 g/mol. The summed E-state index contributed by atoms with van der Waals surface area (Å²) in [6, 6.07) is 14.7. The Morgan fingerprint density at radius 1 is 0.960 bits per heavy atom. The van der Waals surface area contributed by atoms with E-state index in [1.165, 1.54) is 12.1 Å². The first-order chi connectivity index (χ1) is 11.8.